The zero-order valence-electron chi connectivity index (χ0n) is 9.92. The first-order chi connectivity index (χ1) is 8.38. The maximum Gasteiger partial charge on any atom is 0.438 e. The van der Waals surface area contributed by atoms with Gasteiger partial charge >= 0.3 is 6.18 Å². The minimum absolute atomic E-state index is 0.114. The van der Waals surface area contributed by atoms with Gasteiger partial charge in [0.05, 0.1) is 6.20 Å². The molecule has 2 fully saturated rings. The summed E-state index contributed by atoms with van der Waals surface area (Å²) in [6, 6.07) is 0. The van der Waals surface area contributed by atoms with Crippen molar-refractivity contribution >= 4 is 0 Å². The molecule has 0 unspecified atom stereocenters. The first-order valence-electron chi connectivity index (χ1n) is 5.86. The molecule has 1 aromatic heterocycles. The molecule has 0 bridgehead atoms. The maximum atomic E-state index is 12.7. The number of alkyl halides is 3. The van der Waals surface area contributed by atoms with Crippen LogP contribution in [0.1, 0.15) is 18.5 Å². The molecule has 2 aliphatic rings. The number of ether oxygens (including phenoxy) is 1. The Bertz CT molecular complexity index is 457. The van der Waals surface area contributed by atoms with Gasteiger partial charge in [-0.15, -0.1) is 0 Å². The lowest BCUT2D eigenvalue weighted by atomic mass is 9.63. The minimum atomic E-state index is -4.46. The molecule has 0 aromatic carbocycles. The van der Waals surface area contributed by atoms with Gasteiger partial charge in [0.2, 0.25) is 5.69 Å². The van der Waals surface area contributed by atoms with Crippen LogP contribution in [0, 0.1) is 5.41 Å². The van der Waals surface area contributed by atoms with Gasteiger partial charge < -0.3 is 10.1 Å². The number of hydrogen-bond acceptors (Lipinski definition) is 3. The highest BCUT2D eigenvalue weighted by Gasteiger charge is 2.50. The van der Waals surface area contributed by atoms with E-state index in [1.165, 1.54) is 13.2 Å². The summed E-state index contributed by atoms with van der Waals surface area (Å²) in [5.41, 5.74) is -0.650. The molecule has 2 heterocycles. The number of rotatable bonds is 2. The molecule has 7 heteroatoms. The third kappa shape index (κ3) is 1.86. The number of nitrogens with zero attached hydrogens (tertiary/aromatic N) is 2. The quantitative estimate of drug-likeness (QED) is 0.878. The molecule has 1 saturated carbocycles. The third-order valence-electron chi connectivity index (χ3n) is 3.68. The first-order valence-corrected chi connectivity index (χ1v) is 5.86. The largest absolute Gasteiger partial charge is 0.486 e. The Balaban J connectivity index is 1.69. The Morgan fingerprint density at radius 2 is 2.11 bits per heavy atom. The number of nitrogens with one attached hydrogen (secondary N) is 1. The molecule has 3 rings (SSSR count). The summed E-state index contributed by atoms with van der Waals surface area (Å²) in [7, 11) is 1.46. The molecule has 1 aromatic rings. The Kier molecular flexibility index (Phi) is 2.38. The highest BCUT2D eigenvalue weighted by molar-refractivity contribution is 5.28. The molecule has 4 nitrogen and oxygen atoms in total. The Hall–Kier alpha value is -1.24. The molecule has 0 atom stereocenters. The van der Waals surface area contributed by atoms with E-state index in [0.717, 1.165) is 30.6 Å². The van der Waals surface area contributed by atoms with Crippen LogP contribution >= 0.6 is 0 Å². The van der Waals surface area contributed by atoms with Gasteiger partial charge in [-0.05, 0) is 12.8 Å². The van der Waals surface area contributed by atoms with Gasteiger partial charge in [-0.25, -0.2) is 0 Å². The normalized spacial score (nSPS) is 22.7. The van der Waals surface area contributed by atoms with E-state index < -0.39 is 11.9 Å². The van der Waals surface area contributed by atoms with Crippen molar-refractivity contribution in [1.82, 2.24) is 15.1 Å². The van der Waals surface area contributed by atoms with Crippen LogP contribution < -0.4 is 10.1 Å². The number of halogens is 3. The molecule has 1 aliphatic carbocycles. The van der Waals surface area contributed by atoms with Gasteiger partial charge in [0.25, 0.3) is 0 Å². The fourth-order valence-electron chi connectivity index (χ4n) is 2.69. The molecule has 18 heavy (non-hydrogen) atoms. The summed E-state index contributed by atoms with van der Waals surface area (Å²) >= 11 is 0. The Morgan fingerprint density at radius 1 is 1.44 bits per heavy atom. The summed E-state index contributed by atoms with van der Waals surface area (Å²) < 4.78 is 44.7. The van der Waals surface area contributed by atoms with E-state index in [1.54, 1.807) is 0 Å². The summed E-state index contributed by atoms with van der Waals surface area (Å²) in [4.78, 5) is 0. The zero-order chi connectivity index (χ0) is 13.0. The summed E-state index contributed by atoms with van der Waals surface area (Å²) in [5, 5.41) is 6.59. The van der Waals surface area contributed by atoms with Gasteiger partial charge in [0.1, 0.15) is 6.10 Å². The molecule has 0 radical (unpaired) electrons. The lowest BCUT2D eigenvalue weighted by Gasteiger charge is -2.53. The van der Waals surface area contributed by atoms with Crippen LogP contribution in [0.15, 0.2) is 6.20 Å². The van der Waals surface area contributed by atoms with Crippen LogP contribution in [0.2, 0.25) is 0 Å². The predicted octanol–water partition coefficient (Wildman–Crippen LogP) is 1.57. The Morgan fingerprint density at radius 3 is 2.61 bits per heavy atom. The number of aryl methyl sites for hydroxylation is 1. The van der Waals surface area contributed by atoms with Crippen molar-refractivity contribution in [3.05, 3.63) is 11.9 Å². The van der Waals surface area contributed by atoms with Crippen LogP contribution in [-0.2, 0) is 13.2 Å². The lowest BCUT2D eigenvalue weighted by Crippen LogP contribution is -2.62. The van der Waals surface area contributed by atoms with E-state index in [4.69, 9.17) is 4.74 Å². The van der Waals surface area contributed by atoms with Crippen molar-refractivity contribution in [1.29, 1.82) is 0 Å². The van der Waals surface area contributed by atoms with Gasteiger partial charge in [-0.1, -0.05) is 0 Å². The van der Waals surface area contributed by atoms with Crippen molar-refractivity contribution in [2.75, 3.05) is 13.1 Å². The molecule has 1 N–H and O–H groups in total. The van der Waals surface area contributed by atoms with E-state index >= 15 is 0 Å². The van der Waals surface area contributed by atoms with Crippen LogP contribution in [0.3, 0.4) is 0 Å². The smallest absolute Gasteiger partial charge is 0.438 e. The minimum Gasteiger partial charge on any atom is -0.486 e. The highest BCUT2D eigenvalue weighted by atomic mass is 19.4. The molecule has 1 aliphatic heterocycles. The fraction of sp³-hybridized carbons (Fsp3) is 0.727. The predicted molar refractivity (Wildman–Crippen MR) is 57.2 cm³/mol. The Labute approximate surface area is 102 Å². The van der Waals surface area contributed by atoms with Gasteiger partial charge in [-0.2, -0.15) is 18.3 Å². The summed E-state index contributed by atoms with van der Waals surface area (Å²) in [6.45, 7) is 1.90. The average molecular weight is 261 g/mol. The van der Waals surface area contributed by atoms with Crippen molar-refractivity contribution in [2.24, 2.45) is 12.5 Å². The first kappa shape index (κ1) is 11.8. The third-order valence-corrected chi connectivity index (χ3v) is 3.68. The summed E-state index contributed by atoms with van der Waals surface area (Å²) in [6.07, 6.45) is -1.64. The second-order valence-corrected chi connectivity index (χ2v) is 5.27. The number of hydrogen-bond donors (Lipinski definition) is 1. The van der Waals surface area contributed by atoms with Crippen molar-refractivity contribution in [2.45, 2.75) is 25.1 Å². The lowest BCUT2D eigenvalue weighted by molar-refractivity contribution is -0.144. The van der Waals surface area contributed by atoms with Crippen molar-refractivity contribution < 1.29 is 17.9 Å². The topological polar surface area (TPSA) is 39.1 Å². The number of aromatic nitrogens is 2. The SMILES string of the molecule is Cn1cc(OC2CC3(CNC3)C2)c(C(F)(F)F)n1. The van der Waals surface area contributed by atoms with E-state index in [-0.39, 0.29) is 17.3 Å². The molecule has 100 valence electrons. The second kappa shape index (κ2) is 3.63. The maximum absolute atomic E-state index is 12.7. The van der Waals surface area contributed by atoms with E-state index in [1.807, 2.05) is 0 Å². The van der Waals surface area contributed by atoms with Crippen molar-refractivity contribution in [3.8, 4) is 5.75 Å². The van der Waals surface area contributed by atoms with Crippen LogP contribution in [0.25, 0.3) is 0 Å². The fourth-order valence-corrected chi connectivity index (χ4v) is 2.69. The monoisotopic (exact) mass is 261 g/mol. The molecule has 1 spiro atoms. The zero-order valence-corrected chi connectivity index (χ0v) is 9.92. The van der Waals surface area contributed by atoms with Crippen LogP contribution in [0.4, 0.5) is 13.2 Å². The van der Waals surface area contributed by atoms with Gasteiger partial charge in [0, 0.05) is 25.6 Å². The van der Waals surface area contributed by atoms with E-state index in [9.17, 15) is 13.2 Å². The van der Waals surface area contributed by atoms with Crippen LogP contribution in [0.5, 0.6) is 5.75 Å². The average Bonchev–Trinajstić information content (AvgIpc) is 2.48. The van der Waals surface area contributed by atoms with Crippen LogP contribution in [-0.4, -0.2) is 29.0 Å². The van der Waals surface area contributed by atoms with Crippen molar-refractivity contribution in [3.63, 3.8) is 0 Å². The standard InChI is InChI=1S/C11H14F3N3O/c1-17-4-8(9(16-17)11(12,13)14)18-7-2-10(3-7)5-15-6-10/h4,7,15H,2-3,5-6H2,1H3. The van der Waals surface area contributed by atoms with E-state index in [2.05, 4.69) is 10.4 Å². The molecule has 0 amide bonds. The van der Waals surface area contributed by atoms with Gasteiger partial charge in [0.15, 0.2) is 5.75 Å². The highest BCUT2D eigenvalue weighted by Crippen LogP contribution is 2.46. The molecular formula is C11H14F3N3O. The van der Waals surface area contributed by atoms with E-state index in [0.29, 0.717) is 0 Å². The van der Waals surface area contributed by atoms with Gasteiger partial charge in [-0.3, -0.25) is 4.68 Å². The molecule has 1 saturated heterocycles. The second-order valence-electron chi connectivity index (χ2n) is 5.27. The summed E-state index contributed by atoms with van der Waals surface area (Å²) in [5.74, 6) is -0.155. The molecular weight excluding hydrogens is 247 g/mol.